The van der Waals surface area contributed by atoms with Crippen LogP contribution in [0.25, 0.3) is 10.8 Å². The Hall–Kier alpha value is -2.99. The van der Waals surface area contributed by atoms with Crippen LogP contribution in [0.15, 0.2) is 48.7 Å². The highest BCUT2D eigenvalue weighted by atomic mass is 16.7. The fourth-order valence-electron chi connectivity index (χ4n) is 3.93. The van der Waals surface area contributed by atoms with Gasteiger partial charge in [-0.25, -0.2) is 4.98 Å². The zero-order valence-electron chi connectivity index (χ0n) is 15.9. The van der Waals surface area contributed by atoms with E-state index in [2.05, 4.69) is 39.0 Å². The van der Waals surface area contributed by atoms with Crippen molar-refractivity contribution < 1.29 is 14.2 Å². The van der Waals surface area contributed by atoms with E-state index in [1.807, 2.05) is 24.4 Å². The normalized spacial score (nSPS) is 16.5. The Morgan fingerprint density at radius 2 is 1.82 bits per heavy atom. The summed E-state index contributed by atoms with van der Waals surface area (Å²) in [6, 6.07) is 14.4. The van der Waals surface area contributed by atoms with Crippen molar-refractivity contribution in [3.8, 4) is 17.2 Å². The molecule has 0 atom stereocenters. The molecular weight excluding hydrogens is 354 g/mol. The lowest BCUT2D eigenvalue weighted by atomic mass is 10.1. The van der Waals surface area contributed by atoms with E-state index in [0.717, 1.165) is 61.2 Å². The summed E-state index contributed by atoms with van der Waals surface area (Å²) >= 11 is 0. The summed E-state index contributed by atoms with van der Waals surface area (Å²) in [5.41, 5.74) is 1.26. The Balaban J connectivity index is 1.29. The Labute approximate surface area is 164 Å². The number of benzene rings is 2. The molecule has 0 aliphatic carbocycles. The van der Waals surface area contributed by atoms with Gasteiger partial charge >= 0.3 is 0 Å². The summed E-state index contributed by atoms with van der Waals surface area (Å²) < 4.78 is 16.3. The fourth-order valence-corrected chi connectivity index (χ4v) is 3.93. The molecule has 1 saturated heterocycles. The number of hydrogen-bond donors (Lipinski definition) is 0. The largest absolute Gasteiger partial charge is 0.497 e. The monoisotopic (exact) mass is 377 g/mol. The molecule has 3 heterocycles. The fraction of sp³-hybridized carbons (Fsp3) is 0.318. The van der Waals surface area contributed by atoms with Gasteiger partial charge in [0.1, 0.15) is 11.6 Å². The lowest BCUT2D eigenvalue weighted by Crippen LogP contribution is -2.46. The van der Waals surface area contributed by atoms with Crippen LogP contribution in [0, 0.1) is 0 Å². The Morgan fingerprint density at radius 1 is 0.964 bits per heavy atom. The minimum atomic E-state index is 0.320. The average Bonchev–Trinajstić information content (AvgIpc) is 3.21. The molecule has 0 bridgehead atoms. The summed E-state index contributed by atoms with van der Waals surface area (Å²) in [6.07, 6.45) is 1.89. The third-order valence-electron chi connectivity index (χ3n) is 5.47. The Kier molecular flexibility index (Phi) is 4.41. The van der Waals surface area contributed by atoms with Gasteiger partial charge in [0.15, 0.2) is 11.5 Å². The maximum Gasteiger partial charge on any atom is 0.231 e. The van der Waals surface area contributed by atoms with E-state index in [1.54, 1.807) is 7.11 Å². The van der Waals surface area contributed by atoms with E-state index >= 15 is 0 Å². The minimum absolute atomic E-state index is 0.320. The molecule has 2 aliphatic rings. The van der Waals surface area contributed by atoms with Crippen molar-refractivity contribution in [1.29, 1.82) is 0 Å². The molecule has 2 aromatic carbocycles. The topological polar surface area (TPSA) is 47.1 Å². The molecule has 2 aliphatic heterocycles. The zero-order chi connectivity index (χ0) is 18.9. The third kappa shape index (κ3) is 3.20. The lowest BCUT2D eigenvalue weighted by Gasteiger charge is -2.36. The van der Waals surface area contributed by atoms with E-state index in [0.29, 0.717) is 6.79 Å². The van der Waals surface area contributed by atoms with E-state index < -0.39 is 0 Å². The van der Waals surface area contributed by atoms with Crippen molar-refractivity contribution in [3.05, 3.63) is 54.2 Å². The van der Waals surface area contributed by atoms with Gasteiger partial charge < -0.3 is 19.1 Å². The van der Waals surface area contributed by atoms with Crippen LogP contribution in [0.4, 0.5) is 5.82 Å². The predicted molar refractivity (Wildman–Crippen MR) is 108 cm³/mol. The summed E-state index contributed by atoms with van der Waals surface area (Å²) in [5, 5.41) is 2.33. The number of methoxy groups -OCH3 is 1. The predicted octanol–water partition coefficient (Wildman–Crippen LogP) is 3.29. The number of fused-ring (bicyclic) bond motifs is 2. The van der Waals surface area contributed by atoms with Crippen molar-refractivity contribution in [1.82, 2.24) is 9.88 Å². The first kappa shape index (κ1) is 17.1. The van der Waals surface area contributed by atoms with Crippen LogP contribution in [-0.4, -0.2) is 50.0 Å². The molecule has 0 amide bonds. The van der Waals surface area contributed by atoms with Crippen molar-refractivity contribution in [3.63, 3.8) is 0 Å². The lowest BCUT2D eigenvalue weighted by molar-refractivity contribution is 0.174. The summed E-state index contributed by atoms with van der Waals surface area (Å²) in [7, 11) is 1.70. The second-order valence-electron chi connectivity index (χ2n) is 7.17. The quantitative estimate of drug-likeness (QED) is 0.695. The summed E-state index contributed by atoms with van der Waals surface area (Å²) in [6.45, 7) is 5.14. The second kappa shape index (κ2) is 7.20. The number of hydrogen-bond acceptors (Lipinski definition) is 6. The Bertz CT molecular complexity index is 999. The first-order valence-corrected chi connectivity index (χ1v) is 9.59. The number of ether oxygens (including phenoxy) is 3. The molecule has 6 nitrogen and oxygen atoms in total. The van der Waals surface area contributed by atoms with E-state index in [9.17, 15) is 0 Å². The number of anilines is 1. The minimum Gasteiger partial charge on any atom is -0.497 e. The van der Waals surface area contributed by atoms with Gasteiger partial charge in [0.05, 0.1) is 7.11 Å². The van der Waals surface area contributed by atoms with Gasteiger partial charge in [-0.05, 0) is 41.3 Å². The number of nitrogens with zero attached hydrogens (tertiary/aromatic N) is 3. The molecule has 6 heteroatoms. The van der Waals surface area contributed by atoms with Gasteiger partial charge in [-0.1, -0.05) is 12.1 Å². The van der Waals surface area contributed by atoms with Gasteiger partial charge in [-0.3, -0.25) is 4.90 Å². The number of aromatic nitrogens is 1. The zero-order valence-corrected chi connectivity index (χ0v) is 15.9. The van der Waals surface area contributed by atoms with Crippen LogP contribution in [0.5, 0.6) is 17.2 Å². The van der Waals surface area contributed by atoms with Crippen LogP contribution in [0.2, 0.25) is 0 Å². The van der Waals surface area contributed by atoms with E-state index in [-0.39, 0.29) is 0 Å². The smallest absolute Gasteiger partial charge is 0.231 e. The van der Waals surface area contributed by atoms with Crippen LogP contribution >= 0.6 is 0 Å². The highest BCUT2D eigenvalue weighted by Crippen LogP contribution is 2.33. The van der Waals surface area contributed by atoms with Crippen molar-refractivity contribution in [2.45, 2.75) is 6.54 Å². The molecule has 28 heavy (non-hydrogen) atoms. The molecule has 3 aromatic rings. The van der Waals surface area contributed by atoms with Crippen molar-refractivity contribution in [2.24, 2.45) is 0 Å². The van der Waals surface area contributed by atoms with Crippen LogP contribution in [-0.2, 0) is 6.54 Å². The first-order valence-electron chi connectivity index (χ1n) is 9.59. The number of pyridine rings is 1. The van der Waals surface area contributed by atoms with Gasteiger partial charge in [0, 0.05) is 44.3 Å². The van der Waals surface area contributed by atoms with Gasteiger partial charge in [-0.15, -0.1) is 0 Å². The molecule has 0 unspecified atom stereocenters. The average molecular weight is 377 g/mol. The molecule has 0 saturated carbocycles. The molecular formula is C22H23N3O3. The van der Waals surface area contributed by atoms with Crippen LogP contribution < -0.4 is 19.1 Å². The van der Waals surface area contributed by atoms with Gasteiger partial charge in [-0.2, -0.15) is 0 Å². The van der Waals surface area contributed by atoms with Crippen LogP contribution in [0.3, 0.4) is 0 Å². The Morgan fingerprint density at radius 3 is 2.68 bits per heavy atom. The van der Waals surface area contributed by atoms with Crippen molar-refractivity contribution >= 4 is 16.6 Å². The number of rotatable bonds is 4. The maximum absolute atomic E-state index is 5.50. The molecule has 0 radical (unpaired) electrons. The molecule has 1 fully saturated rings. The molecule has 5 rings (SSSR count). The molecule has 144 valence electrons. The van der Waals surface area contributed by atoms with E-state index in [1.165, 1.54) is 10.9 Å². The first-order chi connectivity index (χ1) is 13.8. The van der Waals surface area contributed by atoms with Gasteiger partial charge in [0.2, 0.25) is 6.79 Å². The van der Waals surface area contributed by atoms with Crippen molar-refractivity contribution in [2.75, 3.05) is 45.0 Å². The summed E-state index contributed by atoms with van der Waals surface area (Å²) in [4.78, 5) is 9.52. The third-order valence-corrected chi connectivity index (χ3v) is 5.47. The number of piperazine rings is 1. The SMILES string of the molecule is COc1ccc2ccnc(N3CCN(Cc4ccc5c(c4)OCO5)CC3)c2c1. The molecule has 1 aromatic heterocycles. The molecule has 0 spiro atoms. The highest BCUT2D eigenvalue weighted by Gasteiger charge is 2.21. The second-order valence-corrected chi connectivity index (χ2v) is 7.17. The van der Waals surface area contributed by atoms with Crippen LogP contribution in [0.1, 0.15) is 5.56 Å². The molecule has 0 N–H and O–H groups in total. The maximum atomic E-state index is 5.50. The van der Waals surface area contributed by atoms with E-state index in [4.69, 9.17) is 14.2 Å². The standard InChI is InChI=1S/C22H23N3O3/c1-26-18-4-3-17-6-7-23-22(19(17)13-18)25-10-8-24(9-11-25)14-16-2-5-20-21(12-16)28-15-27-20/h2-7,12-13H,8-11,14-15H2,1H3. The highest BCUT2D eigenvalue weighted by molar-refractivity contribution is 5.93. The summed E-state index contributed by atoms with van der Waals surface area (Å²) in [5.74, 6) is 3.60. The van der Waals surface area contributed by atoms with Gasteiger partial charge in [0.25, 0.3) is 0 Å².